The van der Waals surface area contributed by atoms with Gasteiger partial charge in [0.05, 0.1) is 0 Å². The van der Waals surface area contributed by atoms with Crippen molar-refractivity contribution in [2.75, 3.05) is 7.05 Å². The molecule has 2 amide bonds. The van der Waals surface area contributed by atoms with Crippen molar-refractivity contribution in [2.24, 2.45) is 0 Å². The van der Waals surface area contributed by atoms with Crippen LogP contribution in [0.1, 0.15) is 10.5 Å². The number of nitrogens with zero attached hydrogens (tertiary/aromatic N) is 2. The van der Waals surface area contributed by atoms with E-state index in [-0.39, 0.29) is 5.69 Å². The van der Waals surface area contributed by atoms with Gasteiger partial charge in [-0.15, -0.1) is 0 Å². The number of aromatic nitrogens is 1. The molecule has 13 heavy (non-hydrogen) atoms. The van der Waals surface area contributed by atoms with Gasteiger partial charge < -0.3 is 5.11 Å². The number of hydrogen-bond acceptors (Lipinski definition) is 3. The topological polar surface area (TPSA) is 70.5 Å². The summed E-state index contributed by atoms with van der Waals surface area (Å²) in [4.78, 5) is 26.0. The summed E-state index contributed by atoms with van der Waals surface area (Å²) in [6.07, 6.45) is 0.138. The molecule has 0 spiro atoms. The molecule has 0 atom stereocenters. The average molecular weight is 180 g/mol. The van der Waals surface area contributed by atoms with Gasteiger partial charge in [-0.3, -0.25) is 9.78 Å². The van der Waals surface area contributed by atoms with Crippen molar-refractivity contribution in [3.63, 3.8) is 0 Å². The fraction of sp³-hybridized carbons (Fsp3) is 0.125. The molecule has 0 unspecified atom stereocenters. The second-order valence-corrected chi connectivity index (χ2v) is 2.36. The Balaban J connectivity index is 2.86. The van der Waals surface area contributed by atoms with Gasteiger partial charge >= 0.3 is 6.09 Å². The van der Waals surface area contributed by atoms with Crippen LogP contribution in [0, 0.1) is 0 Å². The molecule has 1 heterocycles. The van der Waals surface area contributed by atoms with E-state index in [1.54, 1.807) is 12.1 Å². The maximum absolute atomic E-state index is 11.3. The number of rotatable bonds is 1. The van der Waals surface area contributed by atoms with E-state index in [0.717, 1.165) is 0 Å². The van der Waals surface area contributed by atoms with Gasteiger partial charge in [0.25, 0.3) is 5.91 Å². The zero-order valence-electron chi connectivity index (χ0n) is 6.97. The fourth-order valence-corrected chi connectivity index (χ4v) is 0.748. The monoisotopic (exact) mass is 180 g/mol. The van der Waals surface area contributed by atoms with Crippen LogP contribution in [-0.2, 0) is 0 Å². The van der Waals surface area contributed by atoms with Crippen LogP contribution < -0.4 is 0 Å². The number of carbonyl (C=O) groups excluding carboxylic acids is 1. The summed E-state index contributed by atoms with van der Waals surface area (Å²) in [5.41, 5.74) is 0.118. The van der Waals surface area contributed by atoms with Gasteiger partial charge in [-0.25, -0.2) is 9.69 Å². The van der Waals surface area contributed by atoms with Crippen molar-refractivity contribution in [1.82, 2.24) is 9.88 Å². The first-order chi connectivity index (χ1) is 6.13. The first-order valence-electron chi connectivity index (χ1n) is 3.55. The fourth-order valence-electron chi connectivity index (χ4n) is 0.748. The average Bonchev–Trinajstić information content (AvgIpc) is 2.17. The molecule has 0 aliphatic heterocycles. The molecule has 0 aromatic carbocycles. The lowest BCUT2D eigenvalue weighted by molar-refractivity contribution is 0.0776. The molecule has 0 radical (unpaired) electrons. The molecule has 5 heteroatoms. The Kier molecular flexibility index (Phi) is 2.59. The number of hydrogen-bond donors (Lipinski definition) is 1. The smallest absolute Gasteiger partial charge is 0.414 e. The molecule has 1 aromatic heterocycles. The SMILES string of the molecule is CN(C(=O)O)C(=O)c1ccccn1. The third-order valence-corrected chi connectivity index (χ3v) is 1.48. The van der Waals surface area contributed by atoms with Crippen LogP contribution in [0.25, 0.3) is 0 Å². The highest BCUT2D eigenvalue weighted by molar-refractivity contribution is 6.00. The van der Waals surface area contributed by atoms with Gasteiger partial charge in [-0.1, -0.05) is 6.07 Å². The van der Waals surface area contributed by atoms with Gasteiger partial charge in [-0.2, -0.15) is 0 Å². The van der Waals surface area contributed by atoms with Gasteiger partial charge in [0.2, 0.25) is 0 Å². The Bertz CT molecular complexity index is 323. The summed E-state index contributed by atoms with van der Waals surface area (Å²) in [5, 5.41) is 8.49. The maximum Gasteiger partial charge on any atom is 0.414 e. The second-order valence-electron chi connectivity index (χ2n) is 2.36. The number of carboxylic acid groups (broad SMARTS) is 1. The lowest BCUT2D eigenvalue weighted by atomic mass is 10.3. The van der Waals surface area contributed by atoms with Crippen LogP contribution in [0.3, 0.4) is 0 Å². The summed E-state index contributed by atoms with van der Waals surface area (Å²) in [5.74, 6) is -0.631. The highest BCUT2D eigenvalue weighted by atomic mass is 16.4. The third-order valence-electron chi connectivity index (χ3n) is 1.48. The predicted octanol–water partition coefficient (Wildman–Crippen LogP) is 0.832. The highest BCUT2D eigenvalue weighted by Crippen LogP contribution is 1.98. The Labute approximate surface area is 74.6 Å². The second kappa shape index (κ2) is 3.66. The van der Waals surface area contributed by atoms with E-state index in [1.807, 2.05) is 0 Å². The maximum atomic E-state index is 11.3. The van der Waals surface area contributed by atoms with Crippen molar-refractivity contribution in [1.29, 1.82) is 0 Å². The molecule has 0 aliphatic rings. The van der Waals surface area contributed by atoms with Crippen LogP contribution in [0.15, 0.2) is 24.4 Å². The Morgan fingerprint density at radius 1 is 1.46 bits per heavy atom. The van der Waals surface area contributed by atoms with Gasteiger partial charge in [0, 0.05) is 13.2 Å². The van der Waals surface area contributed by atoms with E-state index in [0.29, 0.717) is 4.90 Å². The van der Waals surface area contributed by atoms with Gasteiger partial charge in [-0.05, 0) is 12.1 Å². The number of amides is 2. The molecule has 1 N–H and O–H groups in total. The minimum Gasteiger partial charge on any atom is -0.465 e. The lowest BCUT2D eigenvalue weighted by Gasteiger charge is -2.09. The van der Waals surface area contributed by atoms with E-state index < -0.39 is 12.0 Å². The van der Waals surface area contributed by atoms with Crippen LogP contribution >= 0.6 is 0 Å². The molecular formula is C8H8N2O3. The van der Waals surface area contributed by atoms with Crippen LogP contribution in [0.2, 0.25) is 0 Å². The minimum atomic E-state index is -1.30. The van der Waals surface area contributed by atoms with Crippen molar-refractivity contribution < 1.29 is 14.7 Å². The van der Waals surface area contributed by atoms with E-state index in [4.69, 9.17) is 5.11 Å². The summed E-state index contributed by atoms with van der Waals surface area (Å²) in [6.45, 7) is 0. The number of pyridine rings is 1. The van der Waals surface area contributed by atoms with Crippen LogP contribution in [-0.4, -0.2) is 34.0 Å². The first-order valence-corrected chi connectivity index (χ1v) is 3.55. The van der Waals surface area contributed by atoms with Gasteiger partial charge in [0.1, 0.15) is 5.69 Å². The molecule has 0 fully saturated rings. The van der Waals surface area contributed by atoms with Crippen molar-refractivity contribution >= 4 is 12.0 Å². The van der Waals surface area contributed by atoms with Crippen LogP contribution in [0.4, 0.5) is 4.79 Å². The Morgan fingerprint density at radius 3 is 2.62 bits per heavy atom. The predicted molar refractivity (Wildman–Crippen MR) is 44.4 cm³/mol. The summed E-state index contributed by atoms with van der Waals surface area (Å²) in [7, 11) is 1.18. The highest BCUT2D eigenvalue weighted by Gasteiger charge is 2.17. The van der Waals surface area contributed by atoms with E-state index >= 15 is 0 Å². The Hall–Kier alpha value is -1.91. The molecule has 1 aromatic rings. The lowest BCUT2D eigenvalue weighted by Crippen LogP contribution is -2.32. The molecule has 0 aliphatic carbocycles. The standard InChI is InChI=1S/C8H8N2O3/c1-10(8(12)13)7(11)6-4-2-3-5-9-6/h2-5H,1H3,(H,12,13). The molecule has 68 valence electrons. The third kappa shape index (κ3) is 2.02. The van der Waals surface area contributed by atoms with E-state index in [2.05, 4.69) is 4.98 Å². The van der Waals surface area contributed by atoms with Crippen molar-refractivity contribution in [3.8, 4) is 0 Å². The summed E-state index contributed by atoms with van der Waals surface area (Å²) >= 11 is 0. The van der Waals surface area contributed by atoms with Crippen molar-refractivity contribution in [3.05, 3.63) is 30.1 Å². The van der Waals surface area contributed by atoms with Gasteiger partial charge in [0.15, 0.2) is 0 Å². The van der Waals surface area contributed by atoms with E-state index in [1.165, 1.54) is 19.3 Å². The molecular weight excluding hydrogens is 172 g/mol. The van der Waals surface area contributed by atoms with Crippen molar-refractivity contribution in [2.45, 2.75) is 0 Å². The zero-order valence-corrected chi connectivity index (χ0v) is 6.97. The molecule has 0 saturated heterocycles. The quantitative estimate of drug-likeness (QED) is 0.694. The molecule has 5 nitrogen and oxygen atoms in total. The Morgan fingerprint density at radius 2 is 2.15 bits per heavy atom. The van der Waals surface area contributed by atoms with Crippen LogP contribution in [0.5, 0.6) is 0 Å². The minimum absolute atomic E-state index is 0.118. The molecule has 1 rings (SSSR count). The normalized spacial score (nSPS) is 9.31. The number of imide groups is 1. The summed E-state index contributed by atoms with van der Waals surface area (Å²) in [6, 6.07) is 4.73. The zero-order chi connectivity index (χ0) is 9.84. The van der Waals surface area contributed by atoms with E-state index in [9.17, 15) is 9.59 Å². The number of carbonyl (C=O) groups is 2. The summed E-state index contributed by atoms with van der Waals surface area (Å²) < 4.78 is 0. The first kappa shape index (κ1) is 9.18. The molecule has 0 bridgehead atoms. The largest absolute Gasteiger partial charge is 0.465 e. The molecule has 0 saturated carbocycles.